The number of hydrogen-bond donors (Lipinski definition) is 0. The van der Waals surface area contributed by atoms with Crippen molar-refractivity contribution in [3.8, 4) is 11.1 Å². The van der Waals surface area contributed by atoms with Gasteiger partial charge < -0.3 is 0 Å². The summed E-state index contributed by atoms with van der Waals surface area (Å²) in [6, 6.07) is 57.7. The van der Waals surface area contributed by atoms with Gasteiger partial charge >= 0.3 is 0 Å². The monoisotopic (exact) mass is 1100 g/mol. The topological polar surface area (TPSA) is 0 Å². The summed E-state index contributed by atoms with van der Waals surface area (Å²) < 4.78 is 0. The van der Waals surface area contributed by atoms with E-state index in [9.17, 15) is 0 Å². The molecule has 0 heteroatoms. The molecule has 0 saturated heterocycles. The van der Waals surface area contributed by atoms with Gasteiger partial charge in [0, 0.05) is 0 Å². The van der Waals surface area contributed by atoms with Crippen LogP contribution < -0.4 is 0 Å². The molecule has 3 aliphatic rings. The maximum Gasteiger partial charge on any atom is -0.0123 e. The van der Waals surface area contributed by atoms with Crippen LogP contribution in [-0.2, 0) is 18.3 Å². The van der Waals surface area contributed by atoms with Crippen molar-refractivity contribution < 1.29 is 0 Å². The molecule has 0 radical (unpaired) electrons. The molecule has 3 saturated carbocycles. The molecule has 0 heterocycles. The lowest BCUT2D eigenvalue weighted by Gasteiger charge is -2.23. The molecular formula is C82H114. The number of aryl methyl sites for hydroxylation is 8. The predicted molar refractivity (Wildman–Crippen MR) is 364 cm³/mol. The Morgan fingerprint density at radius 1 is 0.329 bits per heavy atom. The Balaban J connectivity index is 0.000000182. The minimum absolute atomic E-state index is 0.208. The molecule has 7 aromatic rings. The maximum absolute atomic E-state index is 2.36. The average molecular weight is 1100 g/mol. The molecule has 3 aliphatic carbocycles. The van der Waals surface area contributed by atoms with E-state index in [-0.39, 0.29) is 5.41 Å². The second kappa shape index (κ2) is 33.1. The van der Waals surface area contributed by atoms with Crippen LogP contribution in [0.1, 0.15) is 254 Å². The number of hydrogen-bond acceptors (Lipinski definition) is 0. The van der Waals surface area contributed by atoms with Crippen LogP contribution >= 0.6 is 0 Å². The van der Waals surface area contributed by atoms with E-state index in [1.807, 2.05) is 0 Å². The van der Waals surface area contributed by atoms with Gasteiger partial charge in [-0.1, -0.05) is 295 Å². The Labute approximate surface area is 504 Å². The zero-order valence-electron chi connectivity index (χ0n) is 55.3. The van der Waals surface area contributed by atoms with E-state index < -0.39 is 0 Å². The molecular weight excluding hydrogens is 985 g/mol. The zero-order chi connectivity index (χ0) is 59.9. The first kappa shape index (κ1) is 67.3. The minimum Gasteiger partial charge on any atom is -0.0620 e. The fourth-order valence-corrected chi connectivity index (χ4v) is 12.6. The van der Waals surface area contributed by atoms with Crippen molar-refractivity contribution in [1.29, 1.82) is 0 Å². The van der Waals surface area contributed by atoms with Gasteiger partial charge in [-0.15, -0.1) is 0 Å². The van der Waals surface area contributed by atoms with Crippen LogP contribution in [0.25, 0.3) is 11.1 Å². The summed E-state index contributed by atoms with van der Waals surface area (Å²) >= 11 is 0. The lowest BCUT2D eigenvalue weighted by molar-refractivity contribution is 0.410. The largest absolute Gasteiger partial charge is 0.0620 e. The Bertz CT molecular complexity index is 2900. The number of benzene rings is 7. The minimum atomic E-state index is 0.208. The van der Waals surface area contributed by atoms with E-state index in [2.05, 4.69) is 275 Å². The van der Waals surface area contributed by atoms with Crippen molar-refractivity contribution >= 4 is 0 Å². The predicted octanol–water partition coefficient (Wildman–Crippen LogP) is 24.9. The van der Waals surface area contributed by atoms with Crippen LogP contribution in [0.15, 0.2) is 158 Å². The van der Waals surface area contributed by atoms with Gasteiger partial charge in [0.2, 0.25) is 0 Å². The normalized spacial score (nSPS) is 15.1. The average Bonchev–Trinajstić information content (AvgIpc) is 3.59. The molecule has 0 N–H and O–H groups in total. The first-order valence-corrected chi connectivity index (χ1v) is 32.3. The van der Waals surface area contributed by atoms with Gasteiger partial charge in [-0.2, -0.15) is 0 Å². The smallest absolute Gasteiger partial charge is 0.0123 e. The molecule has 7 aromatic carbocycles. The third-order valence-electron chi connectivity index (χ3n) is 17.1. The standard InChI is InChI=1S/C19H24.3C13H18.2C12H18/c1-13-9-7-8-10-17(13)18-14(2)11-16(12-15(18)3)19(4,5)6;1-11-7-5-6-10-13(11)12-8-3-2-4-9-12;1-11-6-5-9-13(10-11)12-7-3-2-4-8-12;1-11-7-9-13(10-8-11)12-5-3-2-4-6-12;1-10-6-5-7-11(8-10)9-12(2,3)4;1-10-7-5-6-8-11(10)9-12(2,3)4/h7-12H,1-6H3;5-7,10,12H,2-4,8-9H2,1H3;5-6,9-10,12H,2-4,7-8H2,1H3;7-10,12H,2-6H2,1H3;2*5-8H,9H2,1-4H3. The molecule has 442 valence electrons. The van der Waals surface area contributed by atoms with Gasteiger partial charge in [-0.3, -0.25) is 0 Å². The fraction of sp³-hybridized carbons (Fsp3) is 0.488. The van der Waals surface area contributed by atoms with E-state index >= 15 is 0 Å². The fourth-order valence-electron chi connectivity index (χ4n) is 12.6. The Hall–Kier alpha value is -5.46. The Morgan fingerprint density at radius 2 is 0.780 bits per heavy atom. The van der Waals surface area contributed by atoms with Crippen LogP contribution in [0.2, 0.25) is 0 Å². The van der Waals surface area contributed by atoms with Crippen LogP contribution in [0.3, 0.4) is 0 Å². The summed E-state index contributed by atoms with van der Waals surface area (Å²) in [6.45, 7) is 38.0. The van der Waals surface area contributed by atoms with Gasteiger partial charge in [0.05, 0.1) is 0 Å². The highest BCUT2D eigenvalue weighted by atomic mass is 14.2. The number of rotatable bonds is 6. The van der Waals surface area contributed by atoms with E-state index in [4.69, 9.17) is 0 Å². The van der Waals surface area contributed by atoms with Gasteiger partial charge in [0.1, 0.15) is 0 Å². The summed E-state index contributed by atoms with van der Waals surface area (Å²) in [5.74, 6) is 2.57. The third kappa shape index (κ3) is 24.0. The summed E-state index contributed by atoms with van der Waals surface area (Å²) in [5, 5.41) is 0. The van der Waals surface area contributed by atoms with Crippen molar-refractivity contribution in [3.63, 3.8) is 0 Å². The molecule has 0 unspecified atom stereocenters. The Morgan fingerprint density at radius 3 is 1.26 bits per heavy atom. The molecule has 3 fully saturated rings. The third-order valence-corrected chi connectivity index (χ3v) is 17.1. The van der Waals surface area contributed by atoms with Crippen LogP contribution in [0.5, 0.6) is 0 Å². The van der Waals surface area contributed by atoms with Gasteiger partial charge in [0.15, 0.2) is 0 Å². The van der Waals surface area contributed by atoms with Crippen molar-refractivity contribution in [3.05, 3.63) is 236 Å². The van der Waals surface area contributed by atoms with Crippen molar-refractivity contribution in [2.45, 2.75) is 250 Å². The molecule has 0 aromatic heterocycles. The summed E-state index contributed by atoms with van der Waals surface area (Å²) in [4.78, 5) is 0. The Kier molecular flexibility index (Phi) is 27.2. The SMILES string of the molecule is Cc1ccc(C2CCCCC2)cc1.Cc1cccc(C2CCCCC2)c1.Cc1cccc(CC(C)(C)C)c1.Cc1ccccc1-c1c(C)cc(C(C)(C)C)cc1C.Cc1ccccc1C1CCCCC1.Cc1ccccc1CC(C)(C)C. The van der Waals surface area contributed by atoms with Gasteiger partial charge in [-0.05, 0) is 213 Å². The first-order chi connectivity index (χ1) is 38.9. The quantitative estimate of drug-likeness (QED) is 0.156. The van der Waals surface area contributed by atoms with E-state index in [1.54, 1.807) is 16.7 Å². The molecule has 82 heavy (non-hydrogen) atoms. The summed E-state index contributed by atoms with van der Waals surface area (Å²) in [6.07, 6.45) is 23.7. The summed E-state index contributed by atoms with van der Waals surface area (Å²) in [7, 11) is 0. The molecule has 0 amide bonds. The van der Waals surface area contributed by atoms with Gasteiger partial charge in [-0.25, -0.2) is 0 Å². The van der Waals surface area contributed by atoms with Crippen molar-refractivity contribution in [2.75, 3.05) is 0 Å². The van der Waals surface area contributed by atoms with Gasteiger partial charge in [0.25, 0.3) is 0 Å². The zero-order valence-corrected chi connectivity index (χ0v) is 55.3. The van der Waals surface area contributed by atoms with E-state index in [0.717, 1.165) is 24.2 Å². The second-order valence-electron chi connectivity index (χ2n) is 28.6. The molecule has 0 bridgehead atoms. The van der Waals surface area contributed by atoms with Crippen molar-refractivity contribution in [2.24, 2.45) is 10.8 Å². The van der Waals surface area contributed by atoms with Crippen LogP contribution in [0.4, 0.5) is 0 Å². The molecule has 0 aliphatic heterocycles. The molecule has 10 rings (SSSR count). The van der Waals surface area contributed by atoms with E-state index in [1.165, 1.54) is 175 Å². The van der Waals surface area contributed by atoms with E-state index in [0.29, 0.717) is 10.8 Å². The maximum atomic E-state index is 2.36. The molecule has 0 nitrogen and oxygen atoms in total. The van der Waals surface area contributed by atoms with Crippen molar-refractivity contribution in [1.82, 2.24) is 0 Å². The lowest BCUT2D eigenvalue weighted by atomic mass is 9.82. The van der Waals surface area contributed by atoms with Crippen LogP contribution in [-0.4, -0.2) is 0 Å². The highest BCUT2D eigenvalue weighted by Crippen LogP contribution is 2.37. The summed E-state index contributed by atoms with van der Waals surface area (Å²) in [5.41, 5.74) is 23.9. The highest BCUT2D eigenvalue weighted by Gasteiger charge is 2.20. The lowest BCUT2D eigenvalue weighted by Crippen LogP contribution is -2.12. The molecule has 0 atom stereocenters. The first-order valence-electron chi connectivity index (χ1n) is 32.3. The second-order valence-corrected chi connectivity index (χ2v) is 28.6. The highest BCUT2D eigenvalue weighted by molar-refractivity contribution is 5.74. The molecule has 0 spiro atoms. The van der Waals surface area contributed by atoms with Crippen LogP contribution in [0, 0.1) is 66.2 Å².